The molecule has 1 atom stereocenters. The molecule has 0 aliphatic carbocycles. The molecule has 4 aromatic carbocycles. The van der Waals surface area contributed by atoms with Gasteiger partial charge in [-0.2, -0.15) is 0 Å². The van der Waals surface area contributed by atoms with E-state index in [4.69, 9.17) is 14.2 Å². The van der Waals surface area contributed by atoms with Crippen LogP contribution in [0.4, 0.5) is 0 Å². The number of benzene rings is 4. The van der Waals surface area contributed by atoms with Gasteiger partial charge in [-0.05, 0) is 64.2 Å². The largest absolute Gasteiger partial charge is 0.489 e. The van der Waals surface area contributed by atoms with Crippen molar-refractivity contribution in [2.45, 2.75) is 38.1 Å². The molecule has 4 aromatic rings. The van der Waals surface area contributed by atoms with Crippen LogP contribution < -0.4 is 4.74 Å². The Hall–Kier alpha value is -3.67. The van der Waals surface area contributed by atoms with Crippen LogP contribution in [0, 0.1) is 0 Å². The van der Waals surface area contributed by atoms with E-state index in [0.717, 1.165) is 44.3 Å². The number of fused-ring (bicyclic) bond motifs is 2. The van der Waals surface area contributed by atoms with Gasteiger partial charge in [0.2, 0.25) is 0 Å². The Kier molecular flexibility index (Phi) is 5.75. The molecule has 0 aromatic heterocycles. The molecule has 6 rings (SSSR count). The molecule has 2 heterocycles. The van der Waals surface area contributed by atoms with Crippen LogP contribution in [0.15, 0.2) is 78.9 Å². The fraction of sp³-hybridized carbons (Fsp3) is 0.258. The summed E-state index contributed by atoms with van der Waals surface area (Å²) in [6.07, 6.45) is 0.898. The van der Waals surface area contributed by atoms with E-state index in [1.807, 2.05) is 67.6 Å². The van der Waals surface area contributed by atoms with Crippen LogP contribution in [0.1, 0.15) is 52.9 Å². The topological polar surface area (TPSA) is 65.0 Å². The number of esters is 1. The van der Waals surface area contributed by atoms with Crippen molar-refractivity contribution in [3.63, 3.8) is 0 Å². The maximum atomic E-state index is 12.6. The Morgan fingerprint density at radius 1 is 0.972 bits per heavy atom. The minimum atomic E-state index is -0.850. The molecule has 2 aliphatic rings. The Balaban J connectivity index is 1.32. The van der Waals surface area contributed by atoms with Crippen molar-refractivity contribution in [2.75, 3.05) is 13.2 Å². The quantitative estimate of drug-likeness (QED) is 0.339. The molecule has 1 fully saturated rings. The lowest BCUT2D eigenvalue weighted by molar-refractivity contribution is -0.0679. The number of carbonyl (C=O) groups excluding carboxylic acids is 1. The van der Waals surface area contributed by atoms with Crippen LogP contribution in [0.5, 0.6) is 5.75 Å². The average Bonchev–Trinajstić information content (AvgIpc) is 3.19. The zero-order valence-electron chi connectivity index (χ0n) is 20.2. The maximum Gasteiger partial charge on any atom is 0.339 e. The highest BCUT2D eigenvalue weighted by Gasteiger charge is 2.33. The summed E-state index contributed by atoms with van der Waals surface area (Å²) in [5.41, 5.74) is 4.69. The van der Waals surface area contributed by atoms with Gasteiger partial charge in [0.25, 0.3) is 0 Å². The fourth-order valence-electron chi connectivity index (χ4n) is 5.40. The number of rotatable bonds is 5. The highest BCUT2D eigenvalue weighted by Crippen LogP contribution is 2.43. The van der Waals surface area contributed by atoms with Crippen molar-refractivity contribution in [2.24, 2.45) is 0 Å². The molecule has 36 heavy (non-hydrogen) atoms. The summed E-state index contributed by atoms with van der Waals surface area (Å²) in [4.78, 5) is 12.6. The van der Waals surface area contributed by atoms with Gasteiger partial charge < -0.3 is 19.3 Å². The summed E-state index contributed by atoms with van der Waals surface area (Å²) in [5, 5.41) is 13.0. The number of ether oxygens (including phenoxy) is 3. The zero-order chi connectivity index (χ0) is 24.7. The Labute approximate surface area is 210 Å². The summed E-state index contributed by atoms with van der Waals surface area (Å²) >= 11 is 0. The van der Waals surface area contributed by atoms with Crippen molar-refractivity contribution in [1.82, 2.24) is 0 Å². The van der Waals surface area contributed by atoms with Crippen molar-refractivity contribution >= 4 is 16.7 Å². The van der Waals surface area contributed by atoms with Gasteiger partial charge in [-0.15, -0.1) is 0 Å². The maximum absolute atomic E-state index is 12.6. The molecule has 0 radical (unpaired) electrons. The SMILES string of the molecule is CC1OC(=O)c2cc3cc(OCc4cccc(C5(O)CCOCC5)c4)ccc3c(-c3ccccc3)c21. The third kappa shape index (κ3) is 4.04. The summed E-state index contributed by atoms with van der Waals surface area (Å²) in [6, 6.07) is 26.0. The van der Waals surface area contributed by atoms with Crippen molar-refractivity contribution in [1.29, 1.82) is 0 Å². The molecule has 0 spiro atoms. The third-order valence-corrected chi connectivity index (χ3v) is 7.31. The Bertz CT molecular complexity index is 1440. The summed E-state index contributed by atoms with van der Waals surface area (Å²) in [6.45, 7) is 3.43. The second-order valence-electron chi connectivity index (χ2n) is 9.64. The standard InChI is InChI=1S/C31H28O5/c1-20-28-27(30(32)36-20)18-23-17-25(10-11-26(23)29(28)22-7-3-2-4-8-22)35-19-21-6-5-9-24(16-21)31(33)12-14-34-15-13-31/h2-11,16-18,20,33H,12-15,19H2,1H3. The molecule has 0 bridgehead atoms. The molecule has 0 saturated carbocycles. The number of aliphatic hydroxyl groups is 1. The second-order valence-corrected chi connectivity index (χ2v) is 9.64. The van der Waals surface area contributed by atoms with Crippen molar-refractivity contribution < 1.29 is 24.1 Å². The van der Waals surface area contributed by atoms with Crippen molar-refractivity contribution in [3.8, 4) is 16.9 Å². The van der Waals surface area contributed by atoms with Crippen LogP contribution in [-0.2, 0) is 21.7 Å². The van der Waals surface area contributed by atoms with Crippen LogP contribution in [0.25, 0.3) is 21.9 Å². The smallest absolute Gasteiger partial charge is 0.339 e. The molecule has 1 N–H and O–H groups in total. The second kappa shape index (κ2) is 9.08. The van der Waals surface area contributed by atoms with E-state index in [2.05, 4.69) is 18.2 Å². The Morgan fingerprint density at radius 2 is 1.78 bits per heavy atom. The number of cyclic esters (lactones) is 1. The lowest BCUT2D eigenvalue weighted by atomic mass is 9.86. The summed E-state index contributed by atoms with van der Waals surface area (Å²) < 4.78 is 17.2. The molecule has 2 aliphatic heterocycles. The lowest BCUT2D eigenvalue weighted by Gasteiger charge is -2.32. The number of carbonyl (C=O) groups is 1. The number of hydrogen-bond donors (Lipinski definition) is 1. The van der Waals surface area contributed by atoms with E-state index < -0.39 is 5.60 Å². The minimum Gasteiger partial charge on any atom is -0.489 e. The van der Waals surface area contributed by atoms with Gasteiger partial charge in [0.05, 0.1) is 11.2 Å². The van der Waals surface area contributed by atoms with E-state index in [9.17, 15) is 9.90 Å². The normalized spacial score (nSPS) is 18.6. The molecule has 5 heteroatoms. The van der Waals surface area contributed by atoms with Crippen LogP contribution in [0.3, 0.4) is 0 Å². The van der Waals surface area contributed by atoms with Gasteiger partial charge in [-0.1, -0.05) is 54.6 Å². The Morgan fingerprint density at radius 3 is 2.58 bits per heavy atom. The third-order valence-electron chi connectivity index (χ3n) is 7.31. The summed E-state index contributed by atoms with van der Waals surface area (Å²) in [7, 11) is 0. The molecule has 1 unspecified atom stereocenters. The summed E-state index contributed by atoms with van der Waals surface area (Å²) in [5.74, 6) is 0.432. The molecule has 182 valence electrons. The van der Waals surface area contributed by atoms with Gasteiger partial charge in [0.1, 0.15) is 18.5 Å². The lowest BCUT2D eigenvalue weighted by Crippen LogP contribution is -2.33. The molecule has 1 saturated heterocycles. The van der Waals surface area contributed by atoms with E-state index in [-0.39, 0.29) is 12.1 Å². The highest BCUT2D eigenvalue weighted by atomic mass is 16.5. The first kappa shape index (κ1) is 22.8. The van der Waals surface area contributed by atoms with E-state index >= 15 is 0 Å². The van der Waals surface area contributed by atoms with Gasteiger partial charge in [0.15, 0.2) is 0 Å². The van der Waals surface area contributed by atoms with Gasteiger partial charge in [-0.25, -0.2) is 4.79 Å². The number of hydrogen-bond acceptors (Lipinski definition) is 5. The minimum absolute atomic E-state index is 0.286. The molecule has 0 amide bonds. The van der Waals surface area contributed by atoms with Crippen LogP contribution in [-0.4, -0.2) is 24.3 Å². The van der Waals surface area contributed by atoms with E-state index in [0.29, 0.717) is 38.2 Å². The predicted molar refractivity (Wildman–Crippen MR) is 138 cm³/mol. The predicted octanol–water partition coefficient (Wildman–Crippen LogP) is 6.32. The van der Waals surface area contributed by atoms with Crippen LogP contribution in [0.2, 0.25) is 0 Å². The van der Waals surface area contributed by atoms with Crippen LogP contribution >= 0.6 is 0 Å². The molecule has 5 nitrogen and oxygen atoms in total. The molecular weight excluding hydrogens is 452 g/mol. The van der Waals surface area contributed by atoms with Gasteiger partial charge in [-0.3, -0.25) is 0 Å². The monoisotopic (exact) mass is 480 g/mol. The van der Waals surface area contributed by atoms with Gasteiger partial charge in [0, 0.05) is 31.6 Å². The first-order valence-electron chi connectivity index (χ1n) is 12.4. The zero-order valence-corrected chi connectivity index (χ0v) is 20.2. The van der Waals surface area contributed by atoms with Gasteiger partial charge >= 0.3 is 5.97 Å². The van der Waals surface area contributed by atoms with E-state index in [1.165, 1.54) is 0 Å². The highest BCUT2D eigenvalue weighted by molar-refractivity contribution is 6.07. The van der Waals surface area contributed by atoms with E-state index in [1.54, 1.807) is 0 Å². The average molecular weight is 481 g/mol. The first-order chi connectivity index (χ1) is 17.5. The fourth-order valence-corrected chi connectivity index (χ4v) is 5.40. The van der Waals surface area contributed by atoms with Crippen molar-refractivity contribution in [3.05, 3.63) is 101 Å². The first-order valence-corrected chi connectivity index (χ1v) is 12.4. The molecular formula is C31H28O5.